The lowest BCUT2D eigenvalue weighted by Gasteiger charge is -2.27. The molecule has 0 unspecified atom stereocenters. The Balaban J connectivity index is 1.46. The largest absolute Gasteiger partial charge is 0.367 e. The minimum Gasteiger partial charge on any atom is -0.367 e. The van der Waals surface area contributed by atoms with E-state index in [2.05, 4.69) is 20.1 Å². The van der Waals surface area contributed by atoms with Crippen molar-refractivity contribution in [2.24, 2.45) is 0 Å². The van der Waals surface area contributed by atoms with Gasteiger partial charge in [-0.1, -0.05) is 12.8 Å². The molecule has 7 nitrogen and oxygen atoms in total. The fourth-order valence-corrected chi connectivity index (χ4v) is 3.63. The number of nitrogens with two attached hydrogens (primary N) is 1. The summed E-state index contributed by atoms with van der Waals surface area (Å²) in [6.45, 7) is 3.88. The first-order valence-corrected chi connectivity index (χ1v) is 8.41. The number of hydrogen-bond acceptors (Lipinski definition) is 5. The summed E-state index contributed by atoms with van der Waals surface area (Å²) in [6.07, 6.45) is 7.53. The molecule has 1 aliphatic heterocycles. The Labute approximate surface area is 131 Å². The highest BCUT2D eigenvalue weighted by Gasteiger charge is 2.26. The SMILES string of the molecule is Nc1n[nH]c(CCC(=O)N2CCCN(C3CCCC3)CC2)n1. The molecule has 0 spiro atoms. The van der Waals surface area contributed by atoms with E-state index in [4.69, 9.17) is 5.73 Å². The number of hydrogen-bond donors (Lipinski definition) is 2. The minimum atomic E-state index is 0.211. The zero-order valence-corrected chi connectivity index (χ0v) is 13.1. The maximum Gasteiger partial charge on any atom is 0.239 e. The first kappa shape index (κ1) is 15.3. The number of nitrogens with one attached hydrogen (secondary N) is 1. The van der Waals surface area contributed by atoms with Gasteiger partial charge in [-0.15, -0.1) is 5.10 Å². The van der Waals surface area contributed by atoms with Crippen molar-refractivity contribution in [2.45, 2.75) is 51.0 Å². The third kappa shape index (κ3) is 3.76. The zero-order chi connectivity index (χ0) is 15.4. The Kier molecular flexibility index (Phi) is 4.92. The van der Waals surface area contributed by atoms with Crippen molar-refractivity contribution >= 4 is 11.9 Å². The predicted molar refractivity (Wildman–Crippen MR) is 84.1 cm³/mol. The fourth-order valence-electron chi connectivity index (χ4n) is 3.63. The standard InChI is InChI=1S/C15H26N6O/c16-15-17-13(18-19-15)6-7-14(22)21-9-3-8-20(10-11-21)12-4-1-2-5-12/h12H,1-11H2,(H3,16,17,18,19). The van der Waals surface area contributed by atoms with Crippen molar-refractivity contribution in [3.05, 3.63) is 5.82 Å². The molecule has 0 atom stereocenters. The second-order valence-electron chi connectivity index (χ2n) is 6.35. The van der Waals surface area contributed by atoms with Crippen molar-refractivity contribution in [1.82, 2.24) is 25.0 Å². The number of aromatic amines is 1. The molecule has 0 aromatic carbocycles. The third-order valence-corrected chi connectivity index (χ3v) is 4.85. The third-order valence-electron chi connectivity index (χ3n) is 4.85. The number of rotatable bonds is 4. The minimum absolute atomic E-state index is 0.211. The summed E-state index contributed by atoms with van der Waals surface area (Å²) in [7, 11) is 0. The molecule has 1 aromatic heterocycles. The topological polar surface area (TPSA) is 91.1 Å². The van der Waals surface area contributed by atoms with Gasteiger partial charge in [0.2, 0.25) is 11.9 Å². The van der Waals surface area contributed by atoms with E-state index < -0.39 is 0 Å². The van der Waals surface area contributed by atoms with Crippen molar-refractivity contribution in [3.8, 4) is 0 Å². The number of H-pyrrole nitrogens is 1. The molecular weight excluding hydrogens is 280 g/mol. The quantitative estimate of drug-likeness (QED) is 0.858. The van der Waals surface area contributed by atoms with E-state index in [-0.39, 0.29) is 11.9 Å². The average molecular weight is 306 g/mol. The van der Waals surface area contributed by atoms with Gasteiger partial charge in [0, 0.05) is 45.1 Å². The molecule has 1 aromatic rings. The van der Waals surface area contributed by atoms with Crippen LogP contribution in [-0.4, -0.2) is 63.1 Å². The maximum atomic E-state index is 12.4. The number of nitrogen functional groups attached to an aromatic ring is 1. The molecule has 2 aliphatic rings. The van der Waals surface area contributed by atoms with Crippen molar-refractivity contribution in [3.63, 3.8) is 0 Å². The van der Waals surface area contributed by atoms with Crippen LogP contribution in [0, 0.1) is 0 Å². The van der Waals surface area contributed by atoms with Gasteiger partial charge >= 0.3 is 0 Å². The van der Waals surface area contributed by atoms with E-state index in [0.717, 1.165) is 38.6 Å². The van der Waals surface area contributed by atoms with Crippen LogP contribution < -0.4 is 5.73 Å². The Morgan fingerprint density at radius 3 is 2.73 bits per heavy atom. The highest BCUT2D eigenvalue weighted by atomic mass is 16.2. The van der Waals surface area contributed by atoms with Crippen LogP contribution in [0.4, 0.5) is 5.95 Å². The number of nitrogens with zero attached hydrogens (tertiary/aromatic N) is 4. The average Bonchev–Trinajstić information content (AvgIpc) is 3.12. The Bertz CT molecular complexity index is 496. The fraction of sp³-hybridized carbons (Fsp3) is 0.800. The Morgan fingerprint density at radius 2 is 2.00 bits per heavy atom. The molecule has 2 fully saturated rings. The molecule has 122 valence electrons. The highest BCUT2D eigenvalue weighted by Crippen LogP contribution is 2.24. The molecule has 22 heavy (non-hydrogen) atoms. The number of anilines is 1. The lowest BCUT2D eigenvalue weighted by atomic mass is 10.2. The van der Waals surface area contributed by atoms with Gasteiger partial charge in [-0.2, -0.15) is 4.98 Å². The van der Waals surface area contributed by atoms with E-state index in [1.165, 1.54) is 25.7 Å². The van der Waals surface area contributed by atoms with Gasteiger partial charge in [-0.05, 0) is 19.3 Å². The van der Waals surface area contributed by atoms with Crippen LogP contribution in [0.1, 0.15) is 44.3 Å². The van der Waals surface area contributed by atoms with Gasteiger partial charge in [0.1, 0.15) is 5.82 Å². The molecular formula is C15H26N6O. The van der Waals surface area contributed by atoms with E-state index in [9.17, 15) is 4.79 Å². The molecule has 1 saturated heterocycles. The van der Waals surface area contributed by atoms with Gasteiger partial charge in [-0.25, -0.2) is 0 Å². The van der Waals surface area contributed by atoms with Crippen LogP contribution in [-0.2, 0) is 11.2 Å². The second kappa shape index (κ2) is 7.09. The van der Waals surface area contributed by atoms with Crippen LogP contribution >= 0.6 is 0 Å². The summed E-state index contributed by atoms with van der Waals surface area (Å²) in [5, 5.41) is 6.54. The number of aryl methyl sites for hydroxylation is 1. The summed E-state index contributed by atoms with van der Waals surface area (Å²) < 4.78 is 0. The molecule has 7 heteroatoms. The van der Waals surface area contributed by atoms with E-state index >= 15 is 0 Å². The van der Waals surface area contributed by atoms with Gasteiger partial charge in [0.25, 0.3) is 0 Å². The first-order valence-electron chi connectivity index (χ1n) is 8.41. The predicted octanol–water partition coefficient (Wildman–Crippen LogP) is 0.796. The first-order chi connectivity index (χ1) is 10.7. The lowest BCUT2D eigenvalue weighted by molar-refractivity contribution is -0.131. The molecule has 1 saturated carbocycles. The van der Waals surface area contributed by atoms with Gasteiger partial charge in [0.05, 0.1) is 0 Å². The van der Waals surface area contributed by atoms with Crippen molar-refractivity contribution in [1.29, 1.82) is 0 Å². The monoisotopic (exact) mass is 306 g/mol. The van der Waals surface area contributed by atoms with Crippen LogP contribution in [0.25, 0.3) is 0 Å². The number of amides is 1. The smallest absolute Gasteiger partial charge is 0.239 e. The van der Waals surface area contributed by atoms with E-state index in [0.29, 0.717) is 18.7 Å². The lowest BCUT2D eigenvalue weighted by Crippen LogP contribution is -2.38. The summed E-state index contributed by atoms with van der Waals surface area (Å²) in [5.41, 5.74) is 5.47. The van der Waals surface area contributed by atoms with Crippen molar-refractivity contribution < 1.29 is 4.79 Å². The van der Waals surface area contributed by atoms with Gasteiger partial charge in [-0.3, -0.25) is 14.8 Å². The number of aromatic nitrogens is 3. The molecule has 1 amide bonds. The van der Waals surface area contributed by atoms with Crippen LogP contribution in [0.15, 0.2) is 0 Å². The normalized spacial score (nSPS) is 21.2. The molecule has 2 heterocycles. The zero-order valence-electron chi connectivity index (χ0n) is 13.1. The summed E-state index contributed by atoms with van der Waals surface area (Å²) in [6, 6.07) is 0.757. The van der Waals surface area contributed by atoms with E-state index in [1.54, 1.807) is 0 Å². The number of carbonyl (C=O) groups is 1. The summed E-state index contributed by atoms with van der Waals surface area (Å²) in [4.78, 5) is 21.0. The van der Waals surface area contributed by atoms with Crippen LogP contribution in [0.5, 0.6) is 0 Å². The molecule has 1 aliphatic carbocycles. The van der Waals surface area contributed by atoms with Gasteiger partial charge < -0.3 is 10.6 Å². The summed E-state index contributed by atoms with van der Waals surface area (Å²) >= 11 is 0. The Morgan fingerprint density at radius 1 is 1.18 bits per heavy atom. The highest BCUT2D eigenvalue weighted by molar-refractivity contribution is 5.76. The van der Waals surface area contributed by atoms with Crippen LogP contribution in [0.2, 0.25) is 0 Å². The Hall–Kier alpha value is -1.63. The maximum absolute atomic E-state index is 12.4. The van der Waals surface area contributed by atoms with Crippen molar-refractivity contribution in [2.75, 3.05) is 31.9 Å². The molecule has 0 bridgehead atoms. The van der Waals surface area contributed by atoms with E-state index in [1.807, 2.05) is 4.90 Å². The number of carbonyl (C=O) groups excluding carboxylic acids is 1. The van der Waals surface area contributed by atoms with Gasteiger partial charge in [0.15, 0.2) is 0 Å². The molecule has 3 N–H and O–H groups in total. The summed E-state index contributed by atoms with van der Waals surface area (Å²) in [5.74, 6) is 1.14. The molecule has 0 radical (unpaired) electrons. The molecule has 3 rings (SSSR count). The second-order valence-corrected chi connectivity index (χ2v) is 6.35. The van der Waals surface area contributed by atoms with Crippen LogP contribution in [0.3, 0.4) is 0 Å².